The Bertz CT molecular complexity index is 520. The molecule has 1 N–H and O–H groups in total. The third kappa shape index (κ3) is 2.86. The lowest BCUT2D eigenvalue weighted by Gasteiger charge is -2.37. The Morgan fingerprint density at radius 1 is 1.38 bits per heavy atom. The second-order valence-electron chi connectivity index (χ2n) is 5.78. The highest BCUT2D eigenvalue weighted by Gasteiger charge is 2.32. The Morgan fingerprint density at radius 2 is 2.24 bits per heavy atom. The number of hydrogen-bond donors (Lipinski definition) is 1. The molecule has 0 spiro atoms. The molecule has 0 aliphatic carbocycles. The molecule has 1 aromatic heterocycles. The standard InChI is InChI=1S/C14H22N6O/c1-18(2)12-5-6-15-13(17-12)19-8-3-4-11(10-19)20-9-7-16-14(20)21/h5-6,11H,3-4,7-10H2,1-2H3,(H,16,21)/t11-/m0/s1. The van der Waals surface area contributed by atoms with Crippen LogP contribution in [0.25, 0.3) is 0 Å². The maximum Gasteiger partial charge on any atom is 0.317 e. The quantitative estimate of drug-likeness (QED) is 0.880. The highest BCUT2D eigenvalue weighted by Crippen LogP contribution is 2.22. The van der Waals surface area contributed by atoms with E-state index < -0.39 is 0 Å². The van der Waals surface area contributed by atoms with Crippen molar-refractivity contribution in [3.05, 3.63) is 12.3 Å². The van der Waals surface area contributed by atoms with Gasteiger partial charge in [0.05, 0.1) is 6.04 Å². The summed E-state index contributed by atoms with van der Waals surface area (Å²) in [5.41, 5.74) is 0. The average molecular weight is 290 g/mol. The van der Waals surface area contributed by atoms with Gasteiger partial charge in [0.15, 0.2) is 0 Å². The molecule has 0 radical (unpaired) electrons. The average Bonchev–Trinajstić information content (AvgIpc) is 2.94. The van der Waals surface area contributed by atoms with Gasteiger partial charge in [0.25, 0.3) is 0 Å². The van der Waals surface area contributed by atoms with Gasteiger partial charge < -0.3 is 20.0 Å². The monoisotopic (exact) mass is 290 g/mol. The molecular weight excluding hydrogens is 268 g/mol. The molecule has 114 valence electrons. The van der Waals surface area contributed by atoms with E-state index in [1.807, 2.05) is 30.0 Å². The maximum absolute atomic E-state index is 11.8. The van der Waals surface area contributed by atoms with E-state index >= 15 is 0 Å². The molecule has 2 aliphatic rings. The summed E-state index contributed by atoms with van der Waals surface area (Å²) in [4.78, 5) is 26.9. The molecule has 0 saturated carbocycles. The summed E-state index contributed by atoms with van der Waals surface area (Å²) in [5, 5.41) is 2.88. The van der Waals surface area contributed by atoms with Crippen LogP contribution in [0.3, 0.4) is 0 Å². The van der Waals surface area contributed by atoms with Gasteiger partial charge in [-0.1, -0.05) is 0 Å². The minimum absolute atomic E-state index is 0.0600. The summed E-state index contributed by atoms with van der Waals surface area (Å²) >= 11 is 0. The van der Waals surface area contributed by atoms with E-state index in [1.165, 1.54) is 0 Å². The van der Waals surface area contributed by atoms with Gasteiger partial charge in [-0.2, -0.15) is 4.98 Å². The first kappa shape index (κ1) is 13.9. The number of piperidine rings is 1. The fourth-order valence-electron chi connectivity index (χ4n) is 2.97. The fraction of sp³-hybridized carbons (Fsp3) is 0.643. The number of aromatic nitrogens is 2. The van der Waals surface area contributed by atoms with Crippen LogP contribution in [0.2, 0.25) is 0 Å². The SMILES string of the molecule is CN(C)c1ccnc(N2CCC[C@H](N3CCNC3=O)C2)n1. The van der Waals surface area contributed by atoms with Crippen molar-refractivity contribution in [3.63, 3.8) is 0 Å². The Morgan fingerprint density at radius 3 is 2.95 bits per heavy atom. The molecule has 2 amide bonds. The van der Waals surface area contributed by atoms with Crippen molar-refractivity contribution in [2.75, 3.05) is 50.1 Å². The number of rotatable bonds is 3. The lowest BCUT2D eigenvalue weighted by Crippen LogP contribution is -2.49. The van der Waals surface area contributed by atoms with E-state index in [9.17, 15) is 4.79 Å². The molecule has 7 nitrogen and oxygen atoms in total. The molecule has 2 saturated heterocycles. The van der Waals surface area contributed by atoms with Gasteiger partial charge in [0.2, 0.25) is 5.95 Å². The summed E-state index contributed by atoms with van der Waals surface area (Å²) in [6.45, 7) is 3.31. The minimum atomic E-state index is 0.0600. The topological polar surface area (TPSA) is 64.6 Å². The van der Waals surface area contributed by atoms with Crippen LogP contribution in [0.4, 0.5) is 16.6 Å². The van der Waals surface area contributed by atoms with Gasteiger partial charge in [-0.15, -0.1) is 0 Å². The van der Waals surface area contributed by atoms with E-state index in [-0.39, 0.29) is 12.1 Å². The van der Waals surface area contributed by atoms with Crippen LogP contribution in [0.5, 0.6) is 0 Å². The molecule has 1 atom stereocenters. The van der Waals surface area contributed by atoms with Crippen LogP contribution in [0.15, 0.2) is 12.3 Å². The van der Waals surface area contributed by atoms with Crippen molar-refractivity contribution in [2.24, 2.45) is 0 Å². The third-order valence-corrected chi connectivity index (χ3v) is 4.10. The first-order valence-electron chi connectivity index (χ1n) is 7.45. The lowest BCUT2D eigenvalue weighted by molar-refractivity contribution is 0.189. The van der Waals surface area contributed by atoms with Crippen LogP contribution in [0, 0.1) is 0 Å². The van der Waals surface area contributed by atoms with Crippen LogP contribution in [0.1, 0.15) is 12.8 Å². The zero-order valence-corrected chi connectivity index (χ0v) is 12.6. The molecule has 1 aromatic rings. The molecule has 3 rings (SSSR count). The van der Waals surface area contributed by atoms with Crippen LogP contribution >= 0.6 is 0 Å². The Labute approximate surface area is 124 Å². The first-order valence-corrected chi connectivity index (χ1v) is 7.45. The number of carbonyl (C=O) groups is 1. The van der Waals surface area contributed by atoms with Crippen molar-refractivity contribution >= 4 is 17.8 Å². The Hall–Kier alpha value is -2.05. The Kier molecular flexibility index (Phi) is 3.81. The number of anilines is 2. The first-order chi connectivity index (χ1) is 10.1. The zero-order chi connectivity index (χ0) is 14.8. The predicted molar refractivity (Wildman–Crippen MR) is 81.7 cm³/mol. The second kappa shape index (κ2) is 5.75. The summed E-state index contributed by atoms with van der Waals surface area (Å²) < 4.78 is 0. The van der Waals surface area contributed by atoms with E-state index in [1.54, 1.807) is 6.20 Å². The van der Waals surface area contributed by atoms with Crippen LogP contribution in [-0.4, -0.2) is 67.2 Å². The molecular formula is C14H22N6O. The highest BCUT2D eigenvalue weighted by molar-refractivity contribution is 5.76. The largest absolute Gasteiger partial charge is 0.363 e. The number of urea groups is 1. The van der Waals surface area contributed by atoms with Gasteiger partial charge >= 0.3 is 6.03 Å². The van der Waals surface area contributed by atoms with Gasteiger partial charge in [0.1, 0.15) is 5.82 Å². The van der Waals surface area contributed by atoms with Crippen LogP contribution < -0.4 is 15.1 Å². The van der Waals surface area contributed by atoms with E-state index in [4.69, 9.17) is 0 Å². The van der Waals surface area contributed by atoms with E-state index in [0.29, 0.717) is 0 Å². The minimum Gasteiger partial charge on any atom is -0.363 e. The summed E-state index contributed by atoms with van der Waals surface area (Å²) in [7, 11) is 3.94. The molecule has 7 heteroatoms. The smallest absolute Gasteiger partial charge is 0.317 e. The number of amides is 2. The van der Waals surface area contributed by atoms with Crippen molar-refractivity contribution in [3.8, 4) is 0 Å². The highest BCUT2D eigenvalue weighted by atomic mass is 16.2. The summed E-state index contributed by atoms with van der Waals surface area (Å²) in [6, 6.07) is 2.22. The van der Waals surface area contributed by atoms with Gasteiger partial charge in [-0.3, -0.25) is 0 Å². The number of hydrogen-bond acceptors (Lipinski definition) is 5. The van der Waals surface area contributed by atoms with Crippen molar-refractivity contribution < 1.29 is 4.79 Å². The fourth-order valence-corrected chi connectivity index (χ4v) is 2.97. The molecule has 2 aliphatic heterocycles. The second-order valence-corrected chi connectivity index (χ2v) is 5.78. The van der Waals surface area contributed by atoms with Crippen molar-refractivity contribution in [2.45, 2.75) is 18.9 Å². The van der Waals surface area contributed by atoms with Crippen LogP contribution in [-0.2, 0) is 0 Å². The van der Waals surface area contributed by atoms with E-state index in [0.717, 1.165) is 50.8 Å². The number of carbonyl (C=O) groups excluding carboxylic acids is 1. The van der Waals surface area contributed by atoms with E-state index in [2.05, 4.69) is 20.2 Å². The lowest BCUT2D eigenvalue weighted by atomic mass is 10.0. The van der Waals surface area contributed by atoms with Gasteiger partial charge in [-0.05, 0) is 18.9 Å². The number of nitrogens with one attached hydrogen (secondary N) is 1. The number of nitrogens with zero attached hydrogens (tertiary/aromatic N) is 5. The molecule has 2 fully saturated rings. The maximum atomic E-state index is 11.8. The predicted octanol–water partition coefficient (Wildman–Crippen LogP) is 0.537. The normalized spacial score (nSPS) is 22.4. The van der Waals surface area contributed by atoms with Crippen molar-refractivity contribution in [1.82, 2.24) is 20.2 Å². The molecule has 21 heavy (non-hydrogen) atoms. The molecule has 0 unspecified atom stereocenters. The molecule has 0 aromatic carbocycles. The van der Waals surface area contributed by atoms with Gasteiger partial charge in [0, 0.05) is 46.5 Å². The Balaban J connectivity index is 1.73. The molecule has 0 bridgehead atoms. The van der Waals surface area contributed by atoms with Crippen molar-refractivity contribution in [1.29, 1.82) is 0 Å². The summed E-state index contributed by atoms with van der Waals surface area (Å²) in [6.07, 6.45) is 3.91. The van der Waals surface area contributed by atoms with Gasteiger partial charge in [-0.25, -0.2) is 9.78 Å². The summed E-state index contributed by atoms with van der Waals surface area (Å²) in [5.74, 6) is 1.66. The zero-order valence-electron chi connectivity index (χ0n) is 12.6. The third-order valence-electron chi connectivity index (χ3n) is 4.10. The molecule has 3 heterocycles.